The van der Waals surface area contributed by atoms with Crippen LogP contribution < -0.4 is 5.32 Å². The number of benzene rings is 3. The summed E-state index contributed by atoms with van der Waals surface area (Å²) in [6, 6.07) is 23.0. The number of hydrogen-bond acceptors (Lipinski definition) is 3. The lowest BCUT2D eigenvalue weighted by Crippen LogP contribution is -2.43. The van der Waals surface area contributed by atoms with Gasteiger partial charge in [-0.1, -0.05) is 68.4 Å². The smallest absolute Gasteiger partial charge is 0.326 e. The first kappa shape index (κ1) is 22.0. The molecule has 0 aliphatic heterocycles. The third-order valence-corrected chi connectivity index (χ3v) is 5.43. The number of para-hydroxylation sites is 1. The van der Waals surface area contributed by atoms with Crippen molar-refractivity contribution in [3.63, 3.8) is 0 Å². The first-order valence-corrected chi connectivity index (χ1v) is 10.8. The summed E-state index contributed by atoms with van der Waals surface area (Å²) in [7, 11) is 0. The molecule has 2 N–H and O–H groups in total. The standard InChI is InChI=1S/C27H25N3O3/c1-18(2)25(27(32)33)28-24(31)15-14-22-17-30(23-10-4-3-5-11-23)29-26(22)21-13-12-19-8-6-7-9-20(19)16-21/h3-18,25H,1-2H3,(H,28,31)(H,32,33)/b15-14+/t25-/m0/s1. The average Bonchev–Trinajstić information content (AvgIpc) is 3.25. The fraction of sp³-hybridized carbons (Fsp3) is 0.148. The van der Waals surface area contributed by atoms with Gasteiger partial charge in [0.1, 0.15) is 6.04 Å². The molecule has 6 heteroatoms. The highest BCUT2D eigenvalue weighted by molar-refractivity contribution is 5.95. The fourth-order valence-electron chi connectivity index (χ4n) is 3.66. The van der Waals surface area contributed by atoms with Gasteiger partial charge in [0.15, 0.2) is 0 Å². The van der Waals surface area contributed by atoms with Gasteiger partial charge in [-0.25, -0.2) is 9.48 Å². The number of aliphatic carboxylic acids is 1. The quantitative estimate of drug-likeness (QED) is 0.400. The lowest BCUT2D eigenvalue weighted by atomic mass is 10.0. The maximum absolute atomic E-state index is 12.4. The second-order valence-electron chi connectivity index (χ2n) is 8.18. The number of nitrogens with one attached hydrogen (secondary N) is 1. The molecule has 1 amide bonds. The summed E-state index contributed by atoms with van der Waals surface area (Å²) < 4.78 is 1.77. The minimum atomic E-state index is -1.06. The van der Waals surface area contributed by atoms with Crippen LogP contribution in [-0.2, 0) is 9.59 Å². The van der Waals surface area contributed by atoms with E-state index in [4.69, 9.17) is 5.10 Å². The van der Waals surface area contributed by atoms with Crippen molar-refractivity contribution in [3.8, 4) is 16.9 Å². The number of carboxylic acids is 1. The molecule has 0 fully saturated rings. The molecule has 4 rings (SSSR count). The van der Waals surface area contributed by atoms with Crippen LogP contribution in [0.2, 0.25) is 0 Å². The second kappa shape index (κ2) is 9.53. The molecule has 3 aromatic carbocycles. The summed E-state index contributed by atoms with van der Waals surface area (Å²) >= 11 is 0. The van der Waals surface area contributed by atoms with Gasteiger partial charge in [0.2, 0.25) is 5.91 Å². The minimum Gasteiger partial charge on any atom is -0.480 e. The predicted octanol–water partition coefficient (Wildman–Crippen LogP) is 4.93. The van der Waals surface area contributed by atoms with Crippen LogP contribution in [0.1, 0.15) is 19.4 Å². The molecule has 1 atom stereocenters. The van der Waals surface area contributed by atoms with Crippen molar-refractivity contribution in [1.82, 2.24) is 15.1 Å². The Labute approximate surface area is 192 Å². The molecule has 0 aliphatic rings. The molecule has 1 aromatic heterocycles. The van der Waals surface area contributed by atoms with Gasteiger partial charge in [-0.3, -0.25) is 4.79 Å². The molecular formula is C27H25N3O3. The van der Waals surface area contributed by atoms with Crippen LogP contribution in [0.3, 0.4) is 0 Å². The second-order valence-corrected chi connectivity index (χ2v) is 8.18. The van der Waals surface area contributed by atoms with E-state index in [1.807, 2.05) is 66.9 Å². The number of amides is 1. The first-order chi connectivity index (χ1) is 15.9. The van der Waals surface area contributed by atoms with E-state index in [1.165, 1.54) is 6.08 Å². The maximum Gasteiger partial charge on any atom is 0.326 e. The summed E-state index contributed by atoms with van der Waals surface area (Å²) in [4.78, 5) is 23.9. The number of carbonyl (C=O) groups excluding carboxylic acids is 1. The summed E-state index contributed by atoms with van der Waals surface area (Å²) in [5.41, 5.74) is 3.30. The van der Waals surface area contributed by atoms with Crippen molar-refractivity contribution in [1.29, 1.82) is 0 Å². The van der Waals surface area contributed by atoms with Gasteiger partial charge in [-0.15, -0.1) is 0 Å². The third kappa shape index (κ3) is 5.01. The Bertz CT molecular complexity index is 1320. The maximum atomic E-state index is 12.4. The largest absolute Gasteiger partial charge is 0.480 e. The molecule has 33 heavy (non-hydrogen) atoms. The molecule has 0 aliphatic carbocycles. The van der Waals surface area contributed by atoms with Crippen molar-refractivity contribution in [2.75, 3.05) is 0 Å². The molecule has 0 spiro atoms. The van der Waals surface area contributed by atoms with Gasteiger partial charge in [-0.2, -0.15) is 5.10 Å². The van der Waals surface area contributed by atoms with Crippen LogP contribution in [-0.4, -0.2) is 32.8 Å². The molecule has 1 heterocycles. The van der Waals surface area contributed by atoms with E-state index in [9.17, 15) is 14.7 Å². The molecule has 4 aromatic rings. The zero-order valence-electron chi connectivity index (χ0n) is 18.5. The molecule has 0 saturated heterocycles. The highest BCUT2D eigenvalue weighted by Gasteiger charge is 2.22. The topological polar surface area (TPSA) is 84.2 Å². The lowest BCUT2D eigenvalue weighted by Gasteiger charge is -2.16. The summed E-state index contributed by atoms with van der Waals surface area (Å²) in [5, 5.41) is 18.9. The van der Waals surface area contributed by atoms with Crippen molar-refractivity contribution in [3.05, 3.63) is 90.6 Å². The fourth-order valence-corrected chi connectivity index (χ4v) is 3.66. The van der Waals surface area contributed by atoms with Gasteiger partial charge in [0.05, 0.1) is 11.4 Å². The van der Waals surface area contributed by atoms with Gasteiger partial charge < -0.3 is 10.4 Å². The van der Waals surface area contributed by atoms with E-state index >= 15 is 0 Å². The normalized spacial score (nSPS) is 12.3. The zero-order chi connectivity index (χ0) is 23.4. The molecule has 6 nitrogen and oxygen atoms in total. The Balaban J connectivity index is 1.71. The van der Waals surface area contributed by atoms with Crippen LogP contribution in [0, 0.1) is 5.92 Å². The van der Waals surface area contributed by atoms with Crippen LogP contribution in [0.25, 0.3) is 33.8 Å². The number of hydrogen-bond donors (Lipinski definition) is 2. The van der Waals surface area contributed by atoms with Crippen LogP contribution in [0.5, 0.6) is 0 Å². The Kier molecular flexibility index (Phi) is 6.36. The van der Waals surface area contributed by atoms with Gasteiger partial charge in [0.25, 0.3) is 0 Å². The number of carboxylic acid groups (broad SMARTS) is 1. The number of fused-ring (bicyclic) bond motifs is 1. The van der Waals surface area contributed by atoms with Crippen LogP contribution in [0.4, 0.5) is 0 Å². The van der Waals surface area contributed by atoms with Gasteiger partial charge in [0, 0.05) is 23.4 Å². The molecule has 0 saturated carbocycles. The SMILES string of the molecule is CC(C)[C@H](NC(=O)/C=C/c1cn(-c2ccccc2)nc1-c1ccc2ccccc2c1)C(=O)O. The van der Waals surface area contributed by atoms with Gasteiger partial charge >= 0.3 is 5.97 Å². The summed E-state index contributed by atoms with van der Waals surface area (Å²) in [6.07, 6.45) is 4.89. The Hall–Kier alpha value is -4.19. The number of aromatic nitrogens is 2. The summed E-state index contributed by atoms with van der Waals surface area (Å²) in [6.45, 7) is 3.51. The van der Waals surface area contributed by atoms with Crippen molar-refractivity contribution in [2.45, 2.75) is 19.9 Å². The number of nitrogens with zero attached hydrogens (tertiary/aromatic N) is 2. The first-order valence-electron chi connectivity index (χ1n) is 10.8. The zero-order valence-corrected chi connectivity index (χ0v) is 18.5. The van der Waals surface area contributed by atoms with E-state index in [0.29, 0.717) is 0 Å². The highest BCUT2D eigenvalue weighted by Crippen LogP contribution is 2.28. The van der Waals surface area contributed by atoms with E-state index in [2.05, 4.69) is 17.4 Å². The third-order valence-electron chi connectivity index (χ3n) is 5.43. The number of carbonyl (C=O) groups is 2. The molecule has 0 unspecified atom stereocenters. The van der Waals surface area contributed by atoms with Crippen molar-refractivity contribution < 1.29 is 14.7 Å². The molecule has 166 valence electrons. The Morgan fingerprint density at radius 3 is 2.36 bits per heavy atom. The van der Waals surface area contributed by atoms with E-state index in [1.54, 1.807) is 24.6 Å². The summed E-state index contributed by atoms with van der Waals surface area (Å²) in [5.74, 6) is -1.75. The van der Waals surface area contributed by atoms with Crippen molar-refractivity contribution in [2.24, 2.45) is 5.92 Å². The Morgan fingerprint density at radius 1 is 0.970 bits per heavy atom. The lowest BCUT2D eigenvalue weighted by molar-refractivity contribution is -0.142. The molecular weight excluding hydrogens is 414 g/mol. The van der Waals surface area contributed by atoms with Crippen LogP contribution >= 0.6 is 0 Å². The molecule has 0 radical (unpaired) electrons. The molecule has 0 bridgehead atoms. The van der Waals surface area contributed by atoms with E-state index in [0.717, 1.165) is 33.3 Å². The van der Waals surface area contributed by atoms with E-state index < -0.39 is 17.9 Å². The highest BCUT2D eigenvalue weighted by atomic mass is 16.4. The number of rotatable bonds is 7. The monoisotopic (exact) mass is 439 g/mol. The minimum absolute atomic E-state index is 0.228. The average molecular weight is 440 g/mol. The van der Waals surface area contributed by atoms with Gasteiger partial charge in [-0.05, 0) is 41.0 Å². The van der Waals surface area contributed by atoms with Crippen LogP contribution in [0.15, 0.2) is 85.1 Å². The Morgan fingerprint density at radius 2 is 1.67 bits per heavy atom. The van der Waals surface area contributed by atoms with E-state index in [-0.39, 0.29) is 5.92 Å². The van der Waals surface area contributed by atoms with Crippen molar-refractivity contribution >= 4 is 28.7 Å². The predicted molar refractivity (Wildman–Crippen MR) is 130 cm³/mol.